The monoisotopic (exact) mass is 692 g/mol. The second kappa shape index (κ2) is 15.4. The minimum atomic E-state index is -0.307. The molecule has 2 aromatic rings. The molecule has 3 saturated carbocycles. The van der Waals surface area contributed by atoms with Crippen LogP contribution in [0.5, 0.6) is 0 Å². The first-order valence-corrected chi connectivity index (χ1v) is 16.8. The summed E-state index contributed by atoms with van der Waals surface area (Å²) in [6.07, 6.45) is 15.6. The number of ether oxygens (including phenoxy) is 2. The molecule has 12 heteroatoms. The summed E-state index contributed by atoms with van der Waals surface area (Å²) in [6.45, 7) is 1.05. The topological polar surface area (TPSA) is 120 Å². The van der Waals surface area contributed by atoms with Crippen molar-refractivity contribution in [3.05, 3.63) is 30.0 Å². The number of hydrogen-bond acceptors (Lipinski definition) is 9. The van der Waals surface area contributed by atoms with Crippen LogP contribution in [0.3, 0.4) is 0 Å². The summed E-state index contributed by atoms with van der Waals surface area (Å²) in [4.78, 5) is 20.5. The third-order valence-electron chi connectivity index (χ3n) is 7.47. The number of carbonyl (C=O) groups is 1. The number of thiazole rings is 2. The van der Waals surface area contributed by atoms with E-state index in [2.05, 4.69) is 47.1 Å². The van der Waals surface area contributed by atoms with Gasteiger partial charge >= 0.3 is 6.09 Å². The van der Waals surface area contributed by atoms with Crippen LogP contribution >= 0.6 is 54.5 Å². The number of nitrogens with zero attached hydrogens (tertiary/aromatic N) is 2. The normalized spacial score (nSPS) is 27.5. The zero-order chi connectivity index (χ0) is 26.9. The lowest BCUT2D eigenvalue weighted by Gasteiger charge is -2.30. The van der Waals surface area contributed by atoms with Crippen LogP contribution in [0.2, 0.25) is 0 Å². The first-order chi connectivity index (χ1) is 18.4. The third-order valence-corrected chi connectivity index (χ3v) is 10.7. The van der Waals surface area contributed by atoms with Crippen molar-refractivity contribution >= 4 is 60.6 Å². The highest BCUT2D eigenvalue weighted by molar-refractivity contribution is 9.11. The van der Waals surface area contributed by atoms with Gasteiger partial charge in [-0.2, -0.15) is 0 Å². The van der Waals surface area contributed by atoms with Crippen molar-refractivity contribution in [2.45, 2.75) is 107 Å². The van der Waals surface area contributed by atoms with Gasteiger partial charge in [-0.25, -0.2) is 14.8 Å². The Balaban J connectivity index is 0.000000159. The van der Waals surface area contributed by atoms with Crippen molar-refractivity contribution in [3.63, 3.8) is 0 Å². The van der Waals surface area contributed by atoms with Crippen LogP contribution in [0.1, 0.15) is 92.5 Å². The molecule has 1 amide bonds. The van der Waals surface area contributed by atoms with E-state index in [-0.39, 0.29) is 24.3 Å². The van der Waals surface area contributed by atoms with Gasteiger partial charge in [0.25, 0.3) is 0 Å². The minimum absolute atomic E-state index is 0.0565. The van der Waals surface area contributed by atoms with E-state index in [4.69, 9.17) is 20.3 Å². The Bertz CT molecular complexity index is 986. The standard InChI is InChI=1S/C13H17BrN2O3S.C9H13BrN2S.C4H8O/c14-11-5-15-12(20-11)8-1-3-9(4-2-8)16-13(17)19-10-6-18-7-10;10-8-5-12-9(13-8)6-1-3-7(11)4-2-6;5-4-2-1-3-4/h5,8-10H,1-4,6-7H2,(H,16,17);5-7H,1-4,11H2;4-5H,1-3H2. The minimum Gasteiger partial charge on any atom is -0.441 e. The SMILES string of the molecule is NC1CCC(c2ncc(Br)s2)CC1.O=C(NC1CCC(c2ncc(Br)s2)CC1)OC1COC1.OC1CCC1. The Morgan fingerprint density at radius 3 is 1.79 bits per heavy atom. The van der Waals surface area contributed by atoms with E-state index >= 15 is 0 Å². The van der Waals surface area contributed by atoms with Gasteiger partial charge in [0.2, 0.25) is 0 Å². The highest BCUT2D eigenvalue weighted by Gasteiger charge is 2.28. The van der Waals surface area contributed by atoms with Crippen molar-refractivity contribution in [2.24, 2.45) is 5.73 Å². The lowest BCUT2D eigenvalue weighted by atomic mass is 9.86. The van der Waals surface area contributed by atoms with E-state index in [1.165, 1.54) is 29.3 Å². The predicted octanol–water partition coefficient (Wildman–Crippen LogP) is 6.48. The fourth-order valence-corrected chi connectivity index (χ4v) is 7.61. The molecule has 0 aromatic carbocycles. The highest BCUT2D eigenvalue weighted by Crippen LogP contribution is 2.37. The number of hydrogen-bond donors (Lipinski definition) is 3. The number of halogens is 2. The van der Waals surface area contributed by atoms with E-state index in [0.29, 0.717) is 31.1 Å². The maximum absolute atomic E-state index is 11.7. The van der Waals surface area contributed by atoms with Gasteiger partial charge in [-0.1, -0.05) is 0 Å². The molecular weight excluding hydrogens is 656 g/mol. The average molecular weight is 695 g/mol. The quantitative estimate of drug-likeness (QED) is 0.336. The van der Waals surface area contributed by atoms with E-state index < -0.39 is 0 Å². The summed E-state index contributed by atoms with van der Waals surface area (Å²) in [5.74, 6) is 1.19. The number of aliphatic hydroxyl groups excluding tert-OH is 1. The van der Waals surface area contributed by atoms with E-state index in [9.17, 15) is 4.79 Å². The van der Waals surface area contributed by atoms with Crippen molar-refractivity contribution in [1.82, 2.24) is 15.3 Å². The van der Waals surface area contributed by atoms with Crippen LogP contribution in [0.15, 0.2) is 20.0 Å². The molecule has 3 heterocycles. The first-order valence-electron chi connectivity index (χ1n) is 13.6. The van der Waals surface area contributed by atoms with Crippen molar-refractivity contribution in [1.29, 1.82) is 0 Å². The number of aliphatic hydroxyl groups is 1. The molecule has 6 rings (SSSR count). The predicted molar refractivity (Wildman–Crippen MR) is 158 cm³/mol. The summed E-state index contributed by atoms with van der Waals surface area (Å²) in [5.41, 5.74) is 5.85. The van der Waals surface area contributed by atoms with Crippen LogP contribution in [0.25, 0.3) is 0 Å². The molecule has 0 radical (unpaired) electrons. The molecule has 4 aliphatic rings. The van der Waals surface area contributed by atoms with Crippen molar-refractivity contribution < 1.29 is 19.4 Å². The fourth-order valence-electron chi connectivity index (χ4n) is 4.78. The van der Waals surface area contributed by atoms with Gasteiger partial charge in [-0.15, -0.1) is 22.7 Å². The molecule has 3 aliphatic carbocycles. The lowest BCUT2D eigenvalue weighted by Crippen LogP contribution is -2.44. The number of rotatable bonds is 4. The van der Waals surface area contributed by atoms with E-state index in [1.54, 1.807) is 22.7 Å². The average Bonchev–Trinajstić information content (AvgIpc) is 3.50. The van der Waals surface area contributed by atoms with Gasteiger partial charge in [0, 0.05) is 23.9 Å². The Hall–Kier alpha value is -0.630. The molecule has 0 spiro atoms. The van der Waals surface area contributed by atoms with Crippen LogP contribution in [-0.2, 0) is 9.47 Å². The molecule has 1 saturated heterocycles. The maximum Gasteiger partial charge on any atom is 0.407 e. The second-order valence-electron chi connectivity index (χ2n) is 10.5. The number of aromatic nitrogens is 2. The molecule has 8 nitrogen and oxygen atoms in total. The van der Waals surface area contributed by atoms with Crippen LogP contribution in [-0.4, -0.2) is 58.7 Å². The Morgan fingerprint density at radius 2 is 1.42 bits per heavy atom. The zero-order valence-electron chi connectivity index (χ0n) is 21.5. The molecule has 38 heavy (non-hydrogen) atoms. The van der Waals surface area contributed by atoms with Gasteiger partial charge in [0.05, 0.1) is 49.3 Å². The summed E-state index contributed by atoms with van der Waals surface area (Å²) in [5, 5.41) is 13.9. The Morgan fingerprint density at radius 1 is 0.921 bits per heavy atom. The zero-order valence-corrected chi connectivity index (χ0v) is 26.3. The van der Waals surface area contributed by atoms with Crippen LogP contribution in [0, 0.1) is 0 Å². The Kier molecular flexibility index (Phi) is 12.3. The van der Waals surface area contributed by atoms with Crippen LogP contribution in [0.4, 0.5) is 4.79 Å². The molecule has 212 valence electrons. The summed E-state index contributed by atoms with van der Waals surface area (Å²) < 4.78 is 12.4. The summed E-state index contributed by atoms with van der Waals surface area (Å²) >= 11 is 10.4. The van der Waals surface area contributed by atoms with Crippen molar-refractivity contribution in [3.8, 4) is 0 Å². The Labute approximate surface area is 249 Å². The van der Waals surface area contributed by atoms with Crippen molar-refractivity contribution in [2.75, 3.05) is 13.2 Å². The van der Waals surface area contributed by atoms with Gasteiger partial charge in [0.15, 0.2) is 6.10 Å². The van der Waals surface area contributed by atoms with Gasteiger partial charge in [0.1, 0.15) is 0 Å². The molecule has 4 N–H and O–H groups in total. The smallest absolute Gasteiger partial charge is 0.407 e. The molecular formula is C26H38Br2N4O4S2. The second-order valence-corrected chi connectivity index (χ2v) is 15.3. The number of carbonyl (C=O) groups excluding carboxylic acids is 1. The third kappa shape index (κ3) is 9.78. The summed E-state index contributed by atoms with van der Waals surface area (Å²) in [6, 6.07) is 0.655. The fraction of sp³-hybridized carbons (Fsp3) is 0.731. The maximum atomic E-state index is 11.7. The molecule has 0 bridgehead atoms. The van der Waals surface area contributed by atoms with Gasteiger partial charge in [-0.05, 0) is 102 Å². The number of nitrogens with two attached hydrogens (primary N) is 1. The van der Waals surface area contributed by atoms with Gasteiger partial charge in [-0.3, -0.25) is 0 Å². The van der Waals surface area contributed by atoms with Crippen LogP contribution < -0.4 is 11.1 Å². The summed E-state index contributed by atoms with van der Waals surface area (Å²) in [7, 11) is 0. The largest absolute Gasteiger partial charge is 0.441 e. The molecule has 0 atom stereocenters. The van der Waals surface area contributed by atoms with E-state index in [0.717, 1.165) is 58.9 Å². The highest BCUT2D eigenvalue weighted by atomic mass is 79.9. The number of alkyl carbamates (subject to hydrolysis) is 1. The molecule has 0 unspecified atom stereocenters. The number of amides is 1. The first kappa shape index (κ1) is 30.3. The molecule has 4 fully saturated rings. The number of nitrogens with one attached hydrogen (secondary N) is 1. The van der Waals surface area contributed by atoms with E-state index in [1.807, 2.05) is 12.4 Å². The van der Waals surface area contributed by atoms with Gasteiger partial charge < -0.3 is 25.6 Å². The molecule has 2 aromatic heterocycles. The molecule has 1 aliphatic heterocycles. The lowest BCUT2D eigenvalue weighted by molar-refractivity contribution is -0.0985.